The van der Waals surface area contributed by atoms with E-state index in [0.29, 0.717) is 23.4 Å². The van der Waals surface area contributed by atoms with Crippen LogP contribution in [0.15, 0.2) is 47.4 Å². The lowest BCUT2D eigenvalue weighted by Crippen LogP contribution is -2.28. The summed E-state index contributed by atoms with van der Waals surface area (Å²) < 4.78 is 39.7. The van der Waals surface area contributed by atoms with Crippen molar-refractivity contribution >= 4 is 11.8 Å². The zero-order chi connectivity index (χ0) is 18.9. The summed E-state index contributed by atoms with van der Waals surface area (Å²) in [5.74, 6) is 6.22. The van der Waals surface area contributed by atoms with Crippen LogP contribution in [0.2, 0.25) is 0 Å². The van der Waals surface area contributed by atoms with Crippen LogP contribution in [0.3, 0.4) is 0 Å². The lowest BCUT2D eigenvalue weighted by Gasteiger charge is -2.26. The Labute approximate surface area is 155 Å². The number of aliphatic hydroxyl groups is 1. The van der Waals surface area contributed by atoms with Gasteiger partial charge in [0.1, 0.15) is 0 Å². The molecule has 1 aliphatic rings. The molecule has 26 heavy (non-hydrogen) atoms. The first kappa shape index (κ1) is 18.8. The molecule has 0 aliphatic carbocycles. The standard InChI is InChI=1S/C20H18F3NOS/c1-24(2)11-5-10-19(25)16-6-3-4-7-18(16)26-13-14-8-9-15(12-17(14)19)20(21,22)23/h3-4,6-9,12,25H,11,13H2,1-2H3. The minimum Gasteiger partial charge on any atom is -0.369 e. The van der Waals surface area contributed by atoms with Crippen LogP contribution in [0.25, 0.3) is 0 Å². The monoisotopic (exact) mass is 377 g/mol. The van der Waals surface area contributed by atoms with Gasteiger partial charge in [-0.15, -0.1) is 11.8 Å². The van der Waals surface area contributed by atoms with E-state index in [1.807, 2.05) is 31.1 Å². The van der Waals surface area contributed by atoms with E-state index >= 15 is 0 Å². The molecule has 1 aliphatic heterocycles. The van der Waals surface area contributed by atoms with Crippen molar-refractivity contribution in [3.8, 4) is 11.8 Å². The smallest absolute Gasteiger partial charge is 0.369 e. The third kappa shape index (κ3) is 3.61. The molecule has 0 bridgehead atoms. The number of nitrogens with zero attached hydrogens (tertiary/aromatic N) is 1. The minimum atomic E-state index is -4.48. The Bertz CT molecular complexity index is 883. The largest absolute Gasteiger partial charge is 0.416 e. The van der Waals surface area contributed by atoms with Gasteiger partial charge in [-0.2, -0.15) is 13.2 Å². The second-order valence-corrected chi connectivity index (χ2v) is 7.42. The highest BCUT2D eigenvalue weighted by Gasteiger charge is 2.39. The van der Waals surface area contributed by atoms with Gasteiger partial charge in [0.05, 0.1) is 12.1 Å². The Hall–Kier alpha value is -1.94. The van der Waals surface area contributed by atoms with Gasteiger partial charge in [0.25, 0.3) is 0 Å². The van der Waals surface area contributed by atoms with Crippen LogP contribution in [0.4, 0.5) is 13.2 Å². The van der Waals surface area contributed by atoms with Crippen molar-refractivity contribution < 1.29 is 18.3 Å². The van der Waals surface area contributed by atoms with Crippen molar-refractivity contribution in [3.63, 3.8) is 0 Å². The molecule has 1 atom stereocenters. The maximum absolute atomic E-state index is 13.2. The quantitative estimate of drug-likeness (QED) is 0.757. The summed E-state index contributed by atoms with van der Waals surface area (Å²) >= 11 is 1.49. The normalized spacial score (nSPS) is 19.2. The molecular weight excluding hydrogens is 359 g/mol. The predicted octanol–water partition coefficient (Wildman–Crippen LogP) is 4.11. The summed E-state index contributed by atoms with van der Waals surface area (Å²) in [4.78, 5) is 2.65. The molecule has 2 aromatic carbocycles. The molecule has 0 aromatic heterocycles. The fraction of sp³-hybridized carbons (Fsp3) is 0.300. The van der Waals surface area contributed by atoms with E-state index in [0.717, 1.165) is 17.0 Å². The summed E-state index contributed by atoms with van der Waals surface area (Å²) in [6.45, 7) is 0.395. The molecule has 0 spiro atoms. The van der Waals surface area contributed by atoms with E-state index in [1.165, 1.54) is 17.8 Å². The lowest BCUT2D eigenvalue weighted by molar-refractivity contribution is -0.137. The molecule has 0 saturated heterocycles. The highest BCUT2D eigenvalue weighted by atomic mass is 32.2. The first-order chi connectivity index (χ1) is 12.2. The molecule has 1 unspecified atom stereocenters. The molecule has 0 radical (unpaired) electrons. The van der Waals surface area contributed by atoms with Crippen LogP contribution >= 0.6 is 11.8 Å². The molecule has 0 fully saturated rings. The highest BCUT2D eigenvalue weighted by molar-refractivity contribution is 7.98. The van der Waals surface area contributed by atoms with Crippen molar-refractivity contribution in [2.75, 3.05) is 20.6 Å². The van der Waals surface area contributed by atoms with Crippen LogP contribution in [0.5, 0.6) is 0 Å². The minimum absolute atomic E-state index is 0.205. The molecule has 136 valence electrons. The van der Waals surface area contributed by atoms with E-state index in [-0.39, 0.29) is 5.56 Å². The van der Waals surface area contributed by atoms with Gasteiger partial charge >= 0.3 is 6.18 Å². The zero-order valence-electron chi connectivity index (χ0n) is 14.4. The Morgan fingerprint density at radius 3 is 2.58 bits per heavy atom. The van der Waals surface area contributed by atoms with E-state index in [9.17, 15) is 18.3 Å². The Morgan fingerprint density at radius 2 is 1.88 bits per heavy atom. The summed E-state index contributed by atoms with van der Waals surface area (Å²) in [5.41, 5.74) is -1.19. The molecule has 1 heterocycles. The van der Waals surface area contributed by atoms with Gasteiger partial charge in [0.2, 0.25) is 0 Å². The number of benzene rings is 2. The maximum Gasteiger partial charge on any atom is 0.416 e. The fourth-order valence-electron chi connectivity index (χ4n) is 2.87. The molecule has 0 amide bonds. The van der Waals surface area contributed by atoms with Gasteiger partial charge in [0.15, 0.2) is 5.60 Å². The van der Waals surface area contributed by atoms with Gasteiger partial charge in [0, 0.05) is 21.8 Å². The van der Waals surface area contributed by atoms with E-state index in [1.54, 1.807) is 12.1 Å². The molecule has 1 N–H and O–H groups in total. The third-order valence-corrected chi connectivity index (χ3v) is 5.27. The Balaban J connectivity index is 2.24. The molecule has 2 aromatic rings. The first-order valence-electron chi connectivity index (χ1n) is 8.02. The van der Waals surface area contributed by atoms with E-state index < -0.39 is 17.3 Å². The number of hydrogen-bond acceptors (Lipinski definition) is 3. The average molecular weight is 377 g/mol. The molecule has 0 saturated carbocycles. The Morgan fingerprint density at radius 1 is 1.15 bits per heavy atom. The highest BCUT2D eigenvalue weighted by Crippen LogP contribution is 2.44. The predicted molar refractivity (Wildman–Crippen MR) is 96.8 cm³/mol. The summed E-state index contributed by atoms with van der Waals surface area (Å²) in [7, 11) is 3.68. The van der Waals surface area contributed by atoms with Crippen LogP contribution in [0.1, 0.15) is 22.3 Å². The van der Waals surface area contributed by atoms with Crippen molar-refractivity contribution in [2.24, 2.45) is 0 Å². The van der Waals surface area contributed by atoms with Crippen LogP contribution in [-0.2, 0) is 17.5 Å². The molecule has 3 rings (SSSR count). The second-order valence-electron chi connectivity index (χ2n) is 6.40. The SMILES string of the molecule is CN(C)CC#CC1(O)c2cc(C(F)(F)F)ccc2CSc2ccccc21. The summed E-state index contributed by atoms with van der Waals surface area (Å²) in [5, 5.41) is 11.5. The average Bonchev–Trinajstić information content (AvgIpc) is 2.70. The third-order valence-electron chi connectivity index (χ3n) is 4.15. The van der Waals surface area contributed by atoms with Gasteiger partial charge in [-0.3, -0.25) is 4.90 Å². The van der Waals surface area contributed by atoms with Crippen LogP contribution in [-0.4, -0.2) is 30.6 Å². The Kier molecular flexibility index (Phi) is 5.07. The molecular formula is C20H18F3NOS. The fourth-order valence-corrected chi connectivity index (χ4v) is 3.98. The van der Waals surface area contributed by atoms with Crippen molar-refractivity contribution in [1.29, 1.82) is 0 Å². The molecule has 6 heteroatoms. The van der Waals surface area contributed by atoms with Gasteiger partial charge < -0.3 is 5.11 Å². The number of rotatable bonds is 1. The van der Waals surface area contributed by atoms with E-state index in [2.05, 4.69) is 11.8 Å². The van der Waals surface area contributed by atoms with Gasteiger partial charge in [-0.1, -0.05) is 36.1 Å². The van der Waals surface area contributed by atoms with Gasteiger partial charge in [-0.05, 0) is 37.9 Å². The number of thioether (sulfide) groups is 1. The molecule has 2 nitrogen and oxygen atoms in total. The zero-order valence-corrected chi connectivity index (χ0v) is 15.2. The lowest BCUT2D eigenvalue weighted by atomic mass is 9.83. The number of halogens is 3. The number of hydrogen-bond donors (Lipinski definition) is 1. The summed E-state index contributed by atoms with van der Waals surface area (Å²) in [6, 6.07) is 10.7. The first-order valence-corrected chi connectivity index (χ1v) is 9.00. The second kappa shape index (κ2) is 6.99. The van der Waals surface area contributed by atoms with Crippen LogP contribution < -0.4 is 0 Å². The maximum atomic E-state index is 13.2. The summed E-state index contributed by atoms with van der Waals surface area (Å²) in [6.07, 6.45) is -4.48. The topological polar surface area (TPSA) is 23.5 Å². The van der Waals surface area contributed by atoms with Gasteiger partial charge in [-0.25, -0.2) is 0 Å². The van der Waals surface area contributed by atoms with E-state index in [4.69, 9.17) is 0 Å². The van der Waals surface area contributed by atoms with Crippen LogP contribution in [0, 0.1) is 11.8 Å². The van der Waals surface area contributed by atoms with Crippen molar-refractivity contribution in [2.45, 2.75) is 22.4 Å². The van der Waals surface area contributed by atoms with Crippen molar-refractivity contribution in [3.05, 3.63) is 64.7 Å². The number of fused-ring (bicyclic) bond motifs is 2. The number of alkyl halides is 3. The van der Waals surface area contributed by atoms with Crippen molar-refractivity contribution in [1.82, 2.24) is 4.90 Å².